The van der Waals surface area contributed by atoms with Crippen LogP contribution in [0.1, 0.15) is 6.42 Å². The van der Waals surface area contributed by atoms with E-state index in [1.54, 1.807) is 0 Å². The third-order valence-electron chi connectivity index (χ3n) is 1.53. The highest BCUT2D eigenvalue weighted by Gasteiger charge is 2.19. The van der Waals surface area contributed by atoms with Gasteiger partial charge in [-0.25, -0.2) is 0 Å². The highest BCUT2D eigenvalue weighted by Crippen LogP contribution is 2.08. The van der Waals surface area contributed by atoms with Gasteiger partial charge in [-0.05, 0) is 18.9 Å². The van der Waals surface area contributed by atoms with Gasteiger partial charge < -0.3 is 10.8 Å². The van der Waals surface area contributed by atoms with Crippen LogP contribution in [0.5, 0.6) is 0 Å². The van der Waals surface area contributed by atoms with Gasteiger partial charge in [0.2, 0.25) is 0 Å². The number of aliphatic hydroxyl groups is 1. The fraction of sp³-hybridized carbons (Fsp3) is 1.00. The molecule has 0 radical (unpaired) electrons. The second-order valence-corrected chi connectivity index (χ2v) is 2.26. The summed E-state index contributed by atoms with van der Waals surface area (Å²) in [5.41, 5.74) is 5.34. The molecule has 3 heteroatoms. The van der Waals surface area contributed by atoms with E-state index in [4.69, 9.17) is 10.8 Å². The van der Waals surface area contributed by atoms with Crippen LogP contribution >= 0.6 is 0 Å². The zero-order chi connectivity index (χ0) is 5.98. The highest BCUT2D eigenvalue weighted by atomic mass is 16.3. The Morgan fingerprint density at radius 1 is 1.75 bits per heavy atom. The van der Waals surface area contributed by atoms with E-state index in [1.807, 2.05) is 0 Å². The number of rotatable bonds is 1. The van der Waals surface area contributed by atoms with Gasteiger partial charge in [-0.15, -0.1) is 0 Å². The minimum Gasteiger partial charge on any atom is -0.379 e. The van der Waals surface area contributed by atoms with Gasteiger partial charge in [0, 0.05) is 6.54 Å². The quantitative estimate of drug-likeness (QED) is 0.406. The lowest BCUT2D eigenvalue weighted by Gasteiger charge is -1.99. The molecule has 1 fully saturated rings. The average molecular weight is 116 g/mol. The van der Waals surface area contributed by atoms with Gasteiger partial charge >= 0.3 is 0 Å². The predicted octanol–water partition coefficient (Wildman–Crippen LogP) is -1.13. The van der Waals surface area contributed by atoms with Gasteiger partial charge in [-0.2, -0.15) is 0 Å². The third-order valence-corrected chi connectivity index (χ3v) is 1.53. The Hall–Kier alpha value is -0.120. The van der Waals surface area contributed by atoms with Gasteiger partial charge in [-0.3, -0.25) is 5.32 Å². The van der Waals surface area contributed by atoms with Gasteiger partial charge in [0.1, 0.15) is 6.23 Å². The second kappa shape index (κ2) is 2.44. The Balaban J connectivity index is 2.22. The molecule has 0 aromatic heterocycles. The topological polar surface area (TPSA) is 58.3 Å². The van der Waals surface area contributed by atoms with E-state index in [2.05, 4.69) is 5.32 Å². The van der Waals surface area contributed by atoms with Crippen LogP contribution in [-0.2, 0) is 0 Å². The number of hydrogen-bond acceptors (Lipinski definition) is 3. The smallest absolute Gasteiger partial charge is 0.105 e. The molecule has 0 saturated carbocycles. The molecule has 48 valence electrons. The largest absolute Gasteiger partial charge is 0.379 e. The predicted molar refractivity (Wildman–Crippen MR) is 31.2 cm³/mol. The molecule has 1 rings (SSSR count). The zero-order valence-corrected chi connectivity index (χ0v) is 4.80. The normalized spacial score (nSPS) is 38.2. The first-order valence-electron chi connectivity index (χ1n) is 2.94. The molecule has 0 aromatic rings. The molecule has 0 aromatic carbocycles. The van der Waals surface area contributed by atoms with Crippen LogP contribution in [0.4, 0.5) is 0 Å². The first kappa shape index (κ1) is 6.01. The van der Waals surface area contributed by atoms with Crippen LogP contribution in [0.25, 0.3) is 0 Å². The van der Waals surface area contributed by atoms with Gasteiger partial charge in [0.25, 0.3) is 0 Å². The molecule has 1 heterocycles. The maximum absolute atomic E-state index is 8.86. The van der Waals surface area contributed by atoms with Crippen molar-refractivity contribution in [1.82, 2.24) is 5.32 Å². The summed E-state index contributed by atoms with van der Waals surface area (Å²) in [6, 6.07) is 0. The molecule has 2 atom stereocenters. The van der Waals surface area contributed by atoms with Crippen molar-refractivity contribution in [2.24, 2.45) is 11.7 Å². The van der Waals surface area contributed by atoms with Crippen LogP contribution in [0.15, 0.2) is 0 Å². The SMILES string of the molecule is NCC1CNC(O)C1. The summed E-state index contributed by atoms with van der Waals surface area (Å²) in [5, 5.41) is 11.8. The van der Waals surface area contributed by atoms with Crippen LogP contribution in [0, 0.1) is 5.92 Å². The molecule has 0 aliphatic carbocycles. The fourth-order valence-corrected chi connectivity index (χ4v) is 0.965. The zero-order valence-electron chi connectivity index (χ0n) is 4.80. The van der Waals surface area contributed by atoms with E-state index in [0.29, 0.717) is 12.5 Å². The van der Waals surface area contributed by atoms with Crippen LogP contribution in [0.3, 0.4) is 0 Å². The molecule has 1 aliphatic rings. The standard InChI is InChI=1S/C5H12N2O/c6-2-4-1-5(8)7-3-4/h4-5,7-8H,1-3,6H2. The summed E-state index contributed by atoms with van der Waals surface area (Å²) in [5.74, 6) is 0.491. The second-order valence-electron chi connectivity index (χ2n) is 2.26. The molecule has 3 nitrogen and oxygen atoms in total. The molecule has 0 amide bonds. The average Bonchev–Trinajstić information content (AvgIpc) is 2.14. The molecule has 1 saturated heterocycles. The van der Waals surface area contributed by atoms with Crippen LogP contribution < -0.4 is 11.1 Å². The summed E-state index contributed by atoms with van der Waals surface area (Å²) < 4.78 is 0. The first-order chi connectivity index (χ1) is 3.83. The maximum atomic E-state index is 8.86. The Morgan fingerprint density at radius 3 is 2.75 bits per heavy atom. The lowest BCUT2D eigenvalue weighted by atomic mass is 10.1. The monoisotopic (exact) mass is 116 g/mol. The summed E-state index contributed by atoms with van der Waals surface area (Å²) in [6.45, 7) is 1.56. The fourth-order valence-electron chi connectivity index (χ4n) is 0.965. The lowest BCUT2D eigenvalue weighted by Crippen LogP contribution is -2.20. The summed E-state index contributed by atoms with van der Waals surface area (Å²) in [4.78, 5) is 0. The van der Waals surface area contributed by atoms with E-state index >= 15 is 0 Å². The van der Waals surface area contributed by atoms with Crippen molar-refractivity contribution >= 4 is 0 Å². The van der Waals surface area contributed by atoms with Crippen molar-refractivity contribution < 1.29 is 5.11 Å². The summed E-state index contributed by atoms with van der Waals surface area (Å²) in [7, 11) is 0. The van der Waals surface area contributed by atoms with Crippen LogP contribution in [-0.4, -0.2) is 24.4 Å². The highest BCUT2D eigenvalue weighted by molar-refractivity contribution is 4.74. The summed E-state index contributed by atoms with van der Waals surface area (Å²) >= 11 is 0. The number of nitrogens with one attached hydrogen (secondary N) is 1. The van der Waals surface area contributed by atoms with Crippen molar-refractivity contribution in [2.45, 2.75) is 12.6 Å². The van der Waals surface area contributed by atoms with E-state index < -0.39 is 0 Å². The van der Waals surface area contributed by atoms with E-state index in [-0.39, 0.29) is 6.23 Å². The van der Waals surface area contributed by atoms with Crippen LogP contribution in [0.2, 0.25) is 0 Å². The minimum absolute atomic E-state index is 0.302. The maximum Gasteiger partial charge on any atom is 0.105 e. The van der Waals surface area contributed by atoms with Crippen molar-refractivity contribution in [3.05, 3.63) is 0 Å². The van der Waals surface area contributed by atoms with Gasteiger partial charge in [0.05, 0.1) is 0 Å². The molecular weight excluding hydrogens is 104 g/mol. The van der Waals surface area contributed by atoms with E-state index in [0.717, 1.165) is 13.0 Å². The summed E-state index contributed by atoms with van der Waals surface area (Å²) in [6.07, 6.45) is 0.514. The Morgan fingerprint density at radius 2 is 2.50 bits per heavy atom. The third kappa shape index (κ3) is 1.18. The molecular formula is C5H12N2O. The number of hydrogen-bond donors (Lipinski definition) is 3. The number of aliphatic hydroxyl groups excluding tert-OH is 1. The Kier molecular flexibility index (Phi) is 1.83. The van der Waals surface area contributed by atoms with Gasteiger partial charge in [-0.1, -0.05) is 0 Å². The molecule has 8 heavy (non-hydrogen) atoms. The van der Waals surface area contributed by atoms with E-state index in [1.165, 1.54) is 0 Å². The number of nitrogens with two attached hydrogens (primary N) is 1. The van der Waals surface area contributed by atoms with Crippen molar-refractivity contribution in [2.75, 3.05) is 13.1 Å². The first-order valence-corrected chi connectivity index (χ1v) is 2.94. The minimum atomic E-state index is -0.302. The van der Waals surface area contributed by atoms with Crippen molar-refractivity contribution in [3.63, 3.8) is 0 Å². The Labute approximate surface area is 48.9 Å². The van der Waals surface area contributed by atoms with Crippen molar-refractivity contribution in [1.29, 1.82) is 0 Å². The molecule has 4 N–H and O–H groups in total. The molecule has 0 spiro atoms. The van der Waals surface area contributed by atoms with Crippen molar-refractivity contribution in [3.8, 4) is 0 Å². The molecule has 2 unspecified atom stereocenters. The molecule has 1 aliphatic heterocycles. The lowest BCUT2D eigenvalue weighted by molar-refractivity contribution is 0.157. The van der Waals surface area contributed by atoms with Gasteiger partial charge in [0.15, 0.2) is 0 Å². The Bertz CT molecular complexity index is 76.8. The van der Waals surface area contributed by atoms with E-state index in [9.17, 15) is 0 Å². The molecule has 0 bridgehead atoms.